The maximum Gasteiger partial charge on any atom is 0.319 e. The van der Waals surface area contributed by atoms with Crippen LogP contribution >= 0.6 is 15.9 Å². The summed E-state index contributed by atoms with van der Waals surface area (Å²) in [6.45, 7) is 4.31. The molecule has 0 bridgehead atoms. The maximum absolute atomic E-state index is 11.6. The highest BCUT2D eigenvalue weighted by Gasteiger charge is 2.05. The quantitative estimate of drug-likeness (QED) is 0.782. The molecular weight excluding hydrogens is 296 g/mol. The predicted octanol–water partition coefficient (Wildman–Crippen LogP) is 3.04. The van der Waals surface area contributed by atoms with E-state index in [1.54, 1.807) is 0 Å². The number of aliphatic hydroxyl groups is 1. The Morgan fingerprint density at radius 3 is 2.83 bits per heavy atom. The average Bonchev–Trinajstić information content (AvgIpc) is 2.32. The van der Waals surface area contributed by atoms with Gasteiger partial charge in [0.05, 0.1) is 6.10 Å². The number of aryl methyl sites for hydroxylation is 1. The van der Waals surface area contributed by atoms with E-state index >= 15 is 0 Å². The van der Waals surface area contributed by atoms with Crippen LogP contribution in [0.3, 0.4) is 0 Å². The van der Waals surface area contributed by atoms with Gasteiger partial charge in [-0.1, -0.05) is 22.9 Å². The summed E-state index contributed by atoms with van der Waals surface area (Å²) in [5, 5.41) is 14.9. The Balaban J connectivity index is 2.40. The number of anilines is 1. The van der Waals surface area contributed by atoms with Crippen molar-refractivity contribution in [2.45, 2.75) is 32.8 Å². The van der Waals surface area contributed by atoms with Crippen LogP contribution in [-0.2, 0) is 0 Å². The molecule has 3 N–H and O–H groups in total. The van der Waals surface area contributed by atoms with Crippen LogP contribution in [0.15, 0.2) is 22.7 Å². The van der Waals surface area contributed by atoms with Gasteiger partial charge >= 0.3 is 6.03 Å². The van der Waals surface area contributed by atoms with Gasteiger partial charge in [0.15, 0.2) is 0 Å². The average molecular weight is 315 g/mol. The number of aliphatic hydroxyl groups excluding tert-OH is 1. The first-order valence-corrected chi connectivity index (χ1v) is 6.81. The predicted molar refractivity (Wildman–Crippen MR) is 76.8 cm³/mol. The second-order valence-corrected chi connectivity index (χ2v) is 5.11. The van der Waals surface area contributed by atoms with Crippen molar-refractivity contribution in [3.8, 4) is 0 Å². The van der Waals surface area contributed by atoms with Gasteiger partial charge < -0.3 is 15.7 Å². The van der Waals surface area contributed by atoms with Crippen molar-refractivity contribution in [1.29, 1.82) is 0 Å². The molecule has 0 radical (unpaired) electrons. The molecule has 0 saturated heterocycles. The second-order valence-electron chi connectivity index (χ2n) is 4.19. The topological polar surface area (TPSA) is 61.4 Å². The lowest BCUT2D eigenvalue weighted by Gasteiger charge is -2.11. The third kappa shape index (κ3) is 5.06. The third-order valence-corrected chi connectivity index (χ3v) is 3.16. The zero-order valence-corrected chi connectivity index (χ0v) is 12.3. The molecule has 2 amide bonds. The Morgan fingerprint density at radius 2 is 2.22 bits per heavy atom. The highest BCUT2D eigenvalue weighted by molar-refractivity contribution is 9.10. The number of urea groups is 1. The maximum atomic E-state index is 11.6. The molecule has 0 heterocycles. The van der Waals surface area contributed by atoms with Crippen LogP contribution in [0.1, 0.15) is 25.3 Å². The normalized spacial score (nSPS) is 12.0. The number of rotatable bonds is 5. The number of amides is 2. The summed E-state index contributed by atoms with van der Waals surface area (Å²) in [5.41, 5.74) is 1.78. The molecule has 1 unspecified atom stereocenters. The van der Waals surface area contributed by atoms with Crippen molar-refractivity contribution in [3.63, 3.8) is 0 Å². The molecule has 1 aromatic rings. The second kappa shape index (κ2) is 7.38. The zero-order valence-electron chi connectivity index (χ0n) is 10.7. The summed E-state index contributed by atoms with van der Waals surface area (Å²) in [6, 6.07) is 5.42. The largest absolute Gasteiger partial charge is 0.393 e. The van der Waals surface area contributed by atoms with E-state index in [9.17, 15) is 9.90 Å². The number of hydrogen-bond donors (Lipinski definition) is 3. The summed E-state index contributed by atoms with van der Waals surface area (Å²) >= 11 is 3.37. The minimum absolute atomic E-state index is 0.247. The molecule has 0 aliphatic heterocycles. The minimum Gasteiger partial charge on any atom is -0.393 e. The summed E-state index contributed by atoms with van der Waals surface area (Å²) in [5.74, 6) is 0. The standard InChI is InChI=1S/C13H19BrN2O2/c1-3-11(17)6-7-15-13(18)16-12-5-4-10(14)8-9(12)2/h4-5,8,11,17H,3,6-7H2,1-2H3,(H2,15,16,18). The number of carbonyl (C=O) groups is 1. The first kappa shape index (κ1) is 15.0. The summed E-state index contributed by atoms with van der Waals surface area (Å²) in [6.07, 6.45) is 0.929. The van der Waals surface area contributed by atoms with Gasteiger partial charge in [-0.3, -0.25) is 0 Å². The van der Waals surface area contributed by atoms with E-state index in [1.807, 2.05) is 32.0 Å². The molecular formula is C13H19BrN2O2. The van der Waals surface area contributed by atoms with Crippen molar-refractivity contribution in [1.82, 2.24) is 5.32 Å². The van der Waals surface area contributed by atoms with E-state index in [2.05, 4.69) is 26.6 Å². The van der Waals surface area contributed by atoms with Gasteiger partial charge in [0, 0.05) is 16.7 Å². The molecule has 1 rings (SSSR count). The van der Waals surface area contributed by atoms with E-state index < -0.39 is 0 Å². The number of carbonyl (C=O) groups excluding carboxylic acids is 1. The Morgan fingerprint density at radius 1 is 1.50 bits per heavy atom. The van der Waals surface area contributed by atoms with Gasteiger partial charge in [0.1, 0.15) is 0 Å². The van der Waals surface area contributed by atoms with Gasteiger partial charge in [-0.2, -0.15) is 0 Å². The van der Waals surface area contributed by atoms with Crippen molar-refractivity contribution in [2.75, 3.05) is 11.9 Å². The van der Waals surface area contributed by atoms with E-state index in [0.29, 0.717) is 19.4 Å². The lowest BCUT2D eigenvalue weighted by molar-refractivity contribution is 0.160. The molecule has 0 aliphatic carbocycles. The van der Waals surface area contributed by atoms with Gasteiger partial charge in [-0.05, 0) is 43.5 Å². The Labute approximate surface area is 116 Å². The molecule has 0 aliphatic rings. The van der Waals surface area contributed by atoms with Crippen LogP contribution in [-0.4, -0.2) is 23.8 Å². The van der Waals surface area contributed by atoms with Gasteiger partial charge in [-0.15, -0.1) is 0 Å². The Hall–Kier alpha value is -1.07. The molecule has 0 aromatic heterocycles. The highest BCUT2D eigenvalue weighted by atomic mass is 79.9. The van der Waals surface area contributed by atoms with Crippen LogP contribution in [0.4, 0.5) is 10.5 Å². The molecule has 0 fully saturated rings. The third-order valence-electron chi connectivity index (χ3n) is 2.67. The molecule has 0 spiro atoms. The summed E-state index contributed by atoms with van der Waals surface area (Å²) in [7, 11) is 0. The van der Waals surface area contributed by atoms with Crippen LogP contribution in [0.5, 0.6) is 0 Å². The van der Waals surface area contributed by atoms with E-state index in [4.69, 9.17) is 0 Å². The lowest BCUT2D eigenvalue weighted by atomic mass is 10.2. The lowest BCUT2D eigenvalue weighted by Crippen LogP contribution is -2.31. The number of nitrogens with one attached hydrogen (secondary N) is 2. The van der Waals surface area contributed by atoms with Crippen molar-refractivity contribution in [2.24, 2.45) is 0 Å². The fourth-order valence-corrected chi connectivity index (χ4v) is 1.97. The fraction of sp³-hybridized carbons (Fsp3) is 0.462. The molecule has 18 heavy (non-hydrogen) atoms. The van der Waals surface area contributed by atoms with Crippen LogP contribution in [0, 0.1) is 6.92 Å². The first-order chi connectivity index (χ1) is 8.52. The highest BCUT2D eigenvalue weighted by Crippen LogP contribution is 2.19. The SMILES string of the molecule is CCC(O)CCNC(=O)Nc1ccc(Br)cc1C. The van der Waals surface area contributed by atoms with E-state index in [1.165, 1.54) is 0 Å². The van der Waals surface area contributed by atoms with Gasteiger partial charge in [0.2, 0.25) is 0 Å². The van der Waals surface area contributed by atoms with Crippen LogP contribution < -0.4 is 10.6 Å². The smallest absolute Gasteiger partial charge is 0.319 e. The first-order valence-electron chi connectivity index (χ1n) is 6.02. The summed E-state index contributed by atoms with van der Waals surface area (Å²) in [4.78, 5) is 11.6. The van der Waals surface area contributed by atoms with E-state index in [-0.39, 0.29) is 12.1 Å². The fourth-order valence-electron chi connectivity index (χ4n) is 1.49. The molecule has 100 valence electrons. The number of hydrogen-bond acceptors (Lipinski definition) is 2. The summed E-state index contributed by atoms with van der Waals surface area (Å²) < 4.78 is 0.983. The molecule has 1 atom stereocenters. The van der Waals surface area contributed by atoms with Gasteiger partial charge in [-0.25, -0.2) is 4.79 Å². The number of halogens is 1. The van der Waals surface area contributed by atoms with Crippen molar-refractivity contribution >= 4 is 27.6 Å². The minimum atomic E-state index is -0.347. The molecule has 4 nitrogen and oxygen atoms in total. The van der Waals surface area contributed by atoms with Gasteiger partial charge in [0.25, 0.3) is 0 Å². The monoisotopic (exact) mass is 314 g/mol. The Kier molecular flexibility index (Phi) is 6.15. The van der Waals surface area contributed by atoms with Crippen molar-refractivity contribution in [3.05, 3.63) is 28.2 Å². The van der Waals surface area contributed by atoms with Crippen LogP contribution in [0.25, 0.3) is 0 Å². The van der Waals surface area contributed by atoms with E-state index in [0.717, 1.165) is 15.7 Å². The molecule has 1 aromatic carbocycles. The van der Waals surface area contributed by atoms with Crippen LogP contribution in [0.2, 0.25) is 0 Å². The zero-order chi connectivity index (χ0) is 13.5. The molecule has 5 heteroatoms. The molecule has 0 saturated carbocycles. The van der Waals surface area contributed by atoms with Crippen molar-refractivity contribution < 1.29 is 9.90 Å². The Bertz CT molecular complexity index is 410. The number of benzene rings is 1.